The smallest absolute Gasteiger partial charge is 0.253 e. The molecule has 5 heteroatoms. The highest BCUT2D eigenvalue weighted by atomic mass is 35.5. The Morgan fingerprint density at radius 2 is 1.93 bits per heavy atom. The fourth-order valence-electron chi connectivity index (χ4n) is 3.53. The summed E-state index contributed by atoms with van der Waals surface area (Å²) in [4.78, 5) is 20.0. The molecule has 1 aromatic carbocycles. The molecule has 3 nitrogen and oxygen atoms in total. The van der Waals surface area contributed by atoms with E-state index in [0.717, 1.165) is 42.6 Å². The van der Waals surface area contributed by atoms with Crippen molar-refractivity contribution in [1.29, 1.82) is 0 Å². The number of halogens is 1. The second-order valence-corrected chi connectivity index (χ2v) is 8.26. The van der Waals surface area contributed by atoms with Gasteiger partial charge in [-0.15, -0.1) is 11.3 Å². The predicted molar refractivity (Wildman–Crippen MR) is 112 cm³/mol. The van der Waals surface area contributed by atoms with Gasteiger partial charge in [-0.3, -0.25) is 9.78 Å². The molecule has 2 aromatic heterocycles. The minimum atomic E-state index is 0.0848. The summed E-state index contributed by atoms with van der Waals surface area (Å²) in [5, 5.41) is 2.73. The Kier molecular flexibility index (Phi) is 5.28. The first-order chi connectivity index (χ1) is 13.1. The minimum Gasteiger partial charge on any atom is -0.339 e. The number of hydrogen-bond donors (Lipinski definition) is 0. The molecule has 3 aromatic rings. The van der Waals surface area contributed by atoms with E-state index in [1.54, 1.807) is 11.3 Å². The highest BCUT2D eigenvalue weighted by Gasteiger charge is 2.19. The second-order valence-electron chi connectivity index (χ2n) is 6.94. The summed E-state index contributed by atoms with van der Waals surface area (Å²) in [6.07, 6.45) is 7.08. The van der Waals surface area contributed by atoms with Gasteiger partial charge in [0, 0.05) is 46.5 Å². The maximum absolute atomic E-state index is 12.7. The van der Waals surface area contributed by atoms with Crippen molar-refractivity contribution in [3.8, 4) is 21.6 Å². The molecule has 27 heavy (non-hydrogen) atoms. The first-order valence-corrected chi connectivity index (χ1v) is 10.5. The summed E-state index contributed by atoms with van der Waals surface area (Å²) in [7, 11) is 0. The molecule has 138 valence electrons. The van der Waals surface area contributed by atoms with Crippen LogP contribution in [0.3, 0.4) is 0 Å². The van der Waals surface area contributed by atoms with Gasteiger partial charge >= 0.3 is 0 Å². The third-order valence-electron chi connectivity index (χ3n) is 5.06. The van der Waals surface area contributed by atoms with E-state index in [4.69, 9.17) is 11.6 Å². The SMILES string of the molecule is Cc1cnccc1-c1cc(-c2ccc(C(=O)N3CCCCC3)cc2Cl)cs1. The third-order valence-corrected chi connectivity index (χ3v) is 6.33. The minimum absolute atomic E-state index is 0.0848. The summed E-state index contributed by atoms with van der Waals surface area (Å²) in [5.41, 5.74) is 5.05. The highest BCUT2D eigenvalue weighted by molar-refractivity contribution is 7.14. The molecule has 1 aliphatic rings. The van der Waals surface area contributed by atoms with Crippen LogP contribution in [0.4, 0.5) is 0 Å². The number of hydrogen-bond acceptors (Lipinski definition) is 3. The van der Waals surface area contributed by atoms with E-state index in [1.165, 1.54) is 16.9 Å². The van der Waals surface area contributed by atoms with Gasteiger partial charge in [0.15, 0.2) is 0 Å². The predicted octanol–water partition coefficient (Wildman–Crippen LogP) is 6.07. The van der Waals surface area contributed by atoms with Crippen LogP contribution < -0.4 is 0 Å². The van der Waals surface area contributed by atoms with Crippen molar-refractivity contribution in [2.24, 2.45) is 0 Å². The highest BCUT2D eigenvalue weighted by Crippen LogP contribution is 2.37. The van der Waals surface area contributed by atoms with Crippen molar-refractivity contribution in [2.45, 2.75) is 26.2 Å². The van der Waals surface area contributed by atoms with Crippen LogP contribution in [0.5, 0.6) is 0 Å². The number of carbonyl (C=O) groups is 1. The van der Waals surface area contributed by atoms with E-state index in [-0.39, 0.29) is 5.91 Å². The van der Waals surface area contributed by atoms with E-state index >= 15 is 0 Å². The lowest BCUT2D eigenvalue weighted by molar-refractivity contribution is 0.0724. The molecule has 0 atom stereocenters. The van der Waals surface area contributed by atoms with Crippen molar-refractivity contribution in [2.75, 3.05) is 13.1 Å². The molecule has 1 amide bonds. The second kappa shape index (κ2) is 7.83. The fraction of sp³-hybridized carbons (Fsp3) is 0.273. The number of amides is 1. The number of nitrogens with zero attached hydrogens (tertiary/aromatic N) is 2. The molecule has 0 saturated carbocycles. The van der Waals surface area contributed by atoms with Crippen molar-refractivity contribution in [3.05, 3.63) is 64.3 Å². The number of rotatable bonds is 3. The average Bonchev–Trinajstić information content (AvgIpc) is 3.18. The Morgan fingerprint density at radius 1 is 1.11 bits per heavy atom. The van der Waals surface area contributed by atoms with E-state index < -0.39 is 0 Å². The van der Waals surface area contributed by atoms with Gasteiger partial charge in [-0.05, 0) is 72.5 Å². The number of pyridine rings is 1. The van der Waals surface area contributed by atoms with Crippen LogP contribution in [0.25, 0.3) is 21.6 Å². The molecule has 0 N–H and O–H groups in total. The maximum atomic E-state index is 12.7. The molecule has 4 rings (SSSR count). The van der Waals surface area contributed by atoms with Crippen molar-refractivity contribution >= 4 is 28.8 Å². The van der Waals surface area contributed by atoms with Gasteiger partial charge in [-0.1, -0.05) is 17.7 Å². The number of likely N-dealkylation sites (tertiary alicyclic amines) is 1. The summed E-state index contributed by atoms with van der Waals surface area (Å²) in [6.45, 7) is 3.75. The lowest BCUT2D eigenvalue weighted by atomic mass is 10.0. The van der Waals surface area contributed by atoms with Crippen LogP contribution in [-0.4, -0.2) is 28.9 Å². The van der Waals surface area contributed by atoms with E-state index in [0.29, 0.717) is 10.6 Å². The molecule has 0 unspecified atom stereocenters. The first kappa shape index (κ1) is 18.2. The van der Waals surface area contributed by atoms with Gasteiger partial charge in [0.2, 0.25) is 0 Å². The molecular weight excluding hydrogens is 376 g/mol. The van der Waals surface area contributed by atoms with Crippen LogP contribution in [0.15, 0.2) is 48.1 Å². The summed E-state index contributed by atoms with van der Waals surface area (Å²) < 4.78 is 0. The number of benzene rings is 1. The summed E-state index contributed by atoms with van der Waals surface area (Å²) in [6, 6.07) is 9.86. The van der Waals surface area contributed by atoms with Crippen molar-refractivity contribution in [1.82, 2.24) is 9.88 Å². The van der Waals surface area contributed by atoms with Gasteiger partial charge < -0.3 is 4.90 Å². The normalized spacial score (nSPS) is 14.4. The molecule has 0 spiro atoms. The van der Waals surface area contributed by atoms with Gasteiger partial charge in [-0.2, -0.15) is 0 Å². The summed E-state index contributed by atoms with van der Waals surface area (Å²) >= 11 is 8.25. The van der Waals surface area contributed by atoms with Crippen LogP contribution in [-0.2, 0) is 0 Å². The van der Waals surface area contributed by atoms with Crippen LogP contribution in [0.1, 0.15) is 35.2 Å². The largest absolute Gasteiger partial charge is 0.339 e. The zero-order valence-electron chi connectivity index (χ0n) is 15.2. The number of aromatic nitrogens is 1. The van der Waals surface area contributed by atoms with E-state index in [1.807, 2.05) is 41.6 Å². The molecular formula is C22H21ClN2OS. The maximum Gasteiger partial charge on any atom is 0.253 e. The quantitative estimate of drug-likeness (QED) is 0.538. The first-order valence-electron chi connectivity index (χ1n) is 9.22. The number of piperidine rings is 1. The van der Waals surface area contributed by atoms with Gasteiger partial charge in [-0.25, -0.2) is 0 Å². The molecule has 1 aliphatic heterocycles. The van der Waals surface area contributed by atoms with Crippen LogP contribution >= 0.6 is 22.9 Å². The van der Waals surface area contributed by atoms with E-state index in [9.17, 15) is 4.79 Å². The Bertz CT molecular complexity index is 976. The van der Waals surface area contributed by atoms with E-state index in [2.05, 4.69) is 23.4 Å². The lowest BCUT2D eigenvalue weighted by Gasteiger charge is -2.26. The number of aryl methyl sites for hydroxylation is 1. The number of thiophene rings is 1. The molecule has 3 heterocycles. The lowest BCUT2D eigenvalue weighted by Crippen LogP contribution is -2.35. The Hall–Kier alpha value is -2.17. The van der Waals surface area contributed by atoms with Gasteiger partial charge in [0.1, 0.15) is 0 Å². The molecule has 1 saturated heterocycles. The van der Waals surface area contributed by atoms with Crippen molar-refractivity contribution < 1.29 is 4.79 Å². The molecule has 1 fully saturated rings. The van der Waals surface area contributed by atoms with Crippen LogP contribution in [0, 0.1) is 6.92 Å². The zero-order valence-corrected chi connectivity index (χ0v) is 16.8. The van der Waals surface area contributed by atoms with Crippen molar-refractivity contribution in [3.63, 3.8) is 0 Å². The topological polar surface area (TPSA) is 33.2 Å². The standard InChI is InChI=1S/C22H21ClN2OS/c1-15-13-24-8-7-18(15)21-12-17(14-27-21)19-6-5-16(11-20(19)23)22(26)25-9-3-2-4-10-25/h5-8,11-14H,2-4,9-10H2,1H3. The molecule has 0 bridgehead atoms. The third kappa shape index (κ3) is 3.78. The monoisotopic (exact) mass is 396 g/mol. The van der Waals surface area contributed by atoms with Gasteiger partial charge in [0.05, 0.1) is 0 Å². The Balaban J connectivity index is 1.60. The summed E-state index contributed by atoms with van der Waals surface area (Å²) in [5.74, 6) is 0.0848. The molecule has 0 radical (unpaired) electrons. The number of carbonyl (C=O) groups excluding carboxylic acids is 1. The Morgan fingerprint density at radius 3 is 2.67 bits per heavy atom. The zero-order chi connectivity index (χ0) is 18.8. The van der Waals surface area contributed by atoms with Crippen LogP contribution in [0.2, 0.25) is 5.02 Å². The average molecular weight is 397 g/mol. The fourth-order valence-corrected chi connectivity index (χ4v) is 4.82. The Labute approximate surface area is 168 Å². The van der Waals surface area contributed by atoms with Gasteiger partial charge in [0.25, 0.3) is 5.91 Å². The molecule has 0 aliphatic carbocycles.